The van der Waals surface area contributed by atoms with E-state index in [2.05, 4.69) is 0 Å². The van der Waals surface area contributed by atoms with Crippen molar-refractivity contribution in [2.75, 3.05) is 12.4 Å². The zero-order valence-corrected chi connectivity index (χ0v) is 8.44. The van der Waals surface area contributed by atoms with Gasteiger partial charge in [-0.15, -0.1) is 11.8 Å². The first kappa shape index (κ1) is 9.28. The van der Waals surface area contributed by atoms with Crippen LogP contribution in [0.1, 0.15) is 25.7 Å². The molecule has 0 amide bonds. The Bertz CT molecular complexity index is 229. The van der Waals surface area contributed by atoms with Gasteiger partial charge in [0.25, 0.3) is 0 Å². The SMILES string of the molecule is O=C1C=C(SCC2CCCO2)CC1. The molecule has 2 aliphatic rings. The maximum absolute atomic E-state index is 10.9. The largest absolute Gasteiger partial charge is 0.377 e. The van der Waals surface area contributed by atoms with E-state index in [1.165, 1.54) is 17.7 Å². The first-order valence-corrected chi connectivity index (χ1v) is 5.81. The lowest BCUT2D eigenvalue weighted by Gasteiger charge is -2.08. The lowest BCUT2D eigenvalue weighted by molar-refractivity contribution is -0.114. The van der Waals surface area contributed by atoms with Crippen molar-refractivity contribution in [3.8, 4) is 0 Å². The van der Waals surface area contributed by atoms with Crippen LogP contribution in [-0.2, 0) is 9.53 Å². The summed E-state index contributed by atoms with van der Waals surface area (Å²) in [5.74, 6) is 1.31. The molecule has 0 saturated carbocycles. The van der Waals surface area contributed by atoms with Gasteiger partial charge in [-0.2, -0.15) is 0 Å². The van der Waals surface area contributed by atoms with Crippen LogP contribution >= 0.6 is 11.8 Å². The minimum atomic E-state index is 0.287. The van der Waals surface area contributed by atoms with E-state index in [-0.39, 0.29) is 5.78 Å². The molecule has 1 atom stereocenters. The second-order valence-electron chi connectivity index (χ2n) is 3.52. The van der Waals surface area contributed by atoms with Crippen LogP contribution in [0.3, 0.4) is 0 Å². The molecule has 1 unspecified atom stereocenters. The summed E-state index contributed by atoms with van der Waals surface area (Å²) < 4.78 is 5.51. The fourth-order valence-corrected chi connectivity index (χ4v) is 2.78. The van der Waals surface area contributed by atoms with Crippen molar-refractivity contribution in [3.05, 3.63) is 11.0 Å². The molecule has 1 heterocycles. The Hall–Kier alpha value is -0.280. The molecule has 13 heavy (non-hydrogen) atoms. The van der Waals surface area contributed by atoms with Gasteiger partial charge in [0.1, 0.15) is 0 Å². The molecule has 0 radical (unpaired) electrons. The molecule has 0 bridgehead atoms. The quantitative estimate of drug-likeness (QED) is 0.695. The lowest BCUT2D eigenvalue weighted by Crippen LogP contribution is -2.07. The van der Waals surface area contributed by atoms with Gasteiger partial charge in [-0.1, -0.05) is 0 Å². The lowest BCUT2D eigenvalue weighted by atomic mass is 10.3. The standard InChI is InChI=1S/C10H14O2S/c11-8-3-4-10(6-8)13-7-9-2-1-5-12-9/h6,9H,1-5,7H2. The molecule has 1 fully saturated rings. The first-order valence-electron chi connectivity index (χ1n) is 4.82. The minimum absolute atomic E-state index is 0.287. The van der Waals surface area contributed by atoms with Crippen LogP contribution in [0.5, 0.6) is 0 Å². The van der Waals surface area contributed by atoms with Crippen molar-refractivity contribution in [2.45, 2.75) is 31.8 Å². The van der Waals surface area contributed by atoms with E-state index < -0.39 is 0 Å². The molecular weight excluding hydrogens is 184 g/mol. The highest BCUT2D eigenvalue weighted by molar-refractivity contribution is 8.03. The minimum Gasteiger partial charge on any atom is -0.377 e. The average molecular weight is 198 g/mol. The van der Waals surface area contributed by atoms with Crippen molar-refractivity contribution >= 4 is 17.5 Å². The predicted octanol–water partition coefficient (Wildman–Crippen LogP) is 2.15. The normalized spacial score (nSPS) is 28.2. The number of rotatable bonds is 3. The topological polar surface area (TPSA) is 26.3 Å². The van der Waals surface area contributed by atoms with Crippen molar-refractivity contribution < 1.29 is 9.53 Å². The monoisotopic (exact) mass is 198 g/mol. The van der Waals surface area contributed by atoms with Crippen LogP contribution in [-0.4, -0.2) is 24.2 Å². The summed E-state index contributed by atoms with van der Waals surface area (Å²) >= 11 is 1.80. The molecule has 72 valence electrons. The Labute approximate surface area is 82.7 Å². The summed E-state index contributed by atoms with van der Waals surface area (Å²) in [6.45, 7) is 0.920. The maximum atomic E-state index is 10.9. The van der Waals surface area contributed by atoms with Crippen molar-refractivity contribution in [3.63, 3.8) is 0 Å². The molecule has 0 spiro atoms. The number of allylic oxidation sites excluding steroid dienone is 2. The van der Waals surface area contributed by atoms with Crippen LogP contribution in [0.4, 0.5) is 0 Å². The third kappa shape index (κ3) is 2.58. The Morgan fingerprint density at radius 1 is 1.54 bits per heavy atom. The molecule has 1 saturated heterocycles. The summed E-state index contributed by atoms with van der Waals surface area (Å²) in [6.07, 6.45) is 6.28. The van der Waals surface area contributed by atoms with E-state index in [9.17, 15) is 4.79 Å². The highest BCUT2D eigenvalue weighted by Crippen LogP contribution is 2.29. The Morgan fingerprint density at radius 3 is 3.08 bits per heavy atom. The van der Waals surface area contributed by atoms with Crippen LogP contribution in [0, 0.1) is 0 Å². The highest BCUT2D eigenvalue weighted by Gasteiger charge is 2.18. The zero-order chi connectivity index (χ0) is 9.10. The molecule has 2 rings (SSSR count). The van der Waals surface area contributed by atoms with E-state index in [1.807, 2.05) is 0 Å². The summed E-state index contributed by atoms with van der Waals surface area (Å²) in [7, 11) is 0. The summed E-state index contributed by atoms with van der Waals surface area (Å²) in [5, 5.41) is 0. The van der Waals surface area contributed by atoms with Crippen LogP contribution in [0.2, 0.25) is 0 Å². The van der Waals surface area contributed by atoms with Gasteiger partial charge in [-0.3, -0.25) is 4.79 Å². The van der Waals surface area contributed by atoms with Gasteiger partial charge in [0.2, 0.25) is 0 Å². The van der Waals surface area contributed by atoms with Gasteiger partial charge < -0.3 is 4.74 Å². The zero-order valence-electron chi connectivity index (χ0n) is 7.62. The first-order chi connectivity index (χ1) is 6.34. The molecule has 0 N–H and O–H groups in total. The van der Waals surface area contributed by atoms with Gasteiger partial charge in [0, 0.05) is 18.8 Å². The number of carbonyl (C=O) groups excluding carboxylic acids is 1. The molecular formula is C10H14O2S. The number of hydrogen-bond acceptors (Lipinski definition) is 3. The maximum Gasteiger partial charge on any atom is 0.156 e. The number of ether oxygens (including phenoxy) is 1. The molecule has 1 aliphatic heterocycles. The van der Waals surface area contributed by atoms with E-state index in [0.717, 1.165) is 18.8 Å². The summed E-state index contributed by atoms with van der Waals surface area (Å²) in [4.78, 5) is 12.2. The Morgan fingerprint density at radius 2 is 2.46 bits per heavy atom. The summed E-state index contributed by atoms with van der Waals surface area (Å²) in [6, 6.07) is 0. The Balaban J connectivity index is 1.73. The van der Waals surface area contributed by atoms with Gasteiger partial charge in [-0.25, -0.2) is 0 Å². The number of carbonyl (C=O) groups is 1. The second kappa shape index (κ2) is 4.29. The molecule has 2 nitrogen and oxygen atoms in total. The van der Waals surface area contributed by atoms with E-state index in [1.54, 1.807) is 17.8 Å². The molecule has 0 aromatic carbocycles. The van der Waals surface area contributed by atoms with Crippen molar-refractivity contribution in [2.24, 2.45) is 0 Å². The van der Waals surface area contributed by atoms with Gasteiger partial charge in [-0.05, 0) is 30.2 Å². The van der Waals surface area contributed by atoms with Crippen LogP contribution in [0.25, 0.3) is 0 Å². The van der Waals surface area contributed by atoms with Gasteiger partial charge in [0.05, 0.1) is 6.10 Å². The number of ketones is 1. The fraction of sp³-hybridized carbons (Fsp3) is 0.700. The number of hydrogen-bond donors (Lipinski definition) is 0. The second-order valence-corrected chi connectivity index (χ2v) is 4.67. The third-order valence-electron chi connectivity index (χ3n) is 2.42. The molecule has 1 aliphatic carbocycles. The molecule has 3 heteroatoms. The van der Waals surface area contributed by atoms with E-state index >= 15 is 0 Å². The van der Waals surface area contributed by atoms with E-state index in [4.69, 9.17) is 4.74 Å². The molecule has 0 aromatic rings. The van der Waals surface area contributed by atoms with E-state index in [0.29, 0.717) is 12.5 Å². The third-order valence-corrected chi connectivity index (χ3v) is 3.65. The highest BCUT2D eigenvalue weighted by atomic mass is 32.2. The number of thioether (sulfide) groups is 1. The predicted molar refractivity (Wildman–Crippen MR) is 53.8 cm³/mol. The van der Waals surface area contributed by atoms with Gasteiger partial charge >= 0.3 is 0 Å². The average Bonchev–Trinajstić information content (AvgIpc) is 2.71. The van der Waals surface area contributed by atoms with Crippen LogP contribution in [0.15, 0.2) is 11.0 Å². The van der Waals surface area contributed by atoms with Crippen molar-refractivity contribution in [1.82, 2.24) is 0 Å². The van der Waals surface area contributed by atoms with Crippen molar-refractivity contribution in [1.29, 1.82) is 0 Å². The molecule has 0 aromatic heterocycles. The van der Waals surface area contributed by atoms with Crippen LogP contribution < -0.4 is 0 Å². The smallest absolute Gasteiger partial charge is 0.156 e. The Kier molecular flexibility index (Phi) is 3.06. The summed E-state index contributed by atoms with van der Waals surface area (Å²) in [5.41, 5.74) is 0. The fourth-order valence-electron chi connectivity index (χ4n) is 1.66. The van der Waals surface area contributed by atoms with Gasteiger partial charge in [0.15, 0.2) is 5.78 Å².